The molecule has 3 aromatic rings. The lowest BCUT2D eigenvalue weighted by Gasteiger charge is -2.22. The first-order chi connectivity index (χ1) is 18.0. The summed E-state index contributed by atoms with van der Waals surface area (Å²) in [5, 5.41) is 2.87. The van der Waals surface area contributed by atoms with E-state index < -0.39 is 17.8 Å². The maximum Gasteiger partial charge on any atom is 0.309 e. The normalized spacial score (nSPS) is 12.2. The molecule has 2 atom stereocenters. The number of nitrogens with zero attached hydrogens (tertiary/aromatic N) is 1. The molecule has 0 saturated heterocycles. The van der Waals surface area contributed by atoms with Crippen LogP contribution in [0.4, 0.5) is 0 Å². The van der Waals surface area contributed by atoms with E-state index in [0.717, 1.165) is 16.7 Å². The second-order valence-electron chi connectivity index (χ2n) is 8.82. The van der Waals surface area contributed by atoms with Crippen molar-refractivity contribution in [1.82, 2.24) is 10.3 Å². The number of nitrogens with one attached hydrogen (secondary N) is 1. The van der Waals surface area contributed by atoms with Gasteiger partial charge in [-0.05, 0) is 43.4 Å². The number of benzene rings is 2. The van der Waals surface area contributed by atoms with Crippen LogP contribution in [-0.4, -0.2) is 36.0 Å². The lowest BCUT2D eigenvalue weighted by molar-refractivity contribution is -0.149. The van der Waals surface area contributed by atoms with Crippen LogP contribution in [0.1, 0.15) is 36.5 Å². The molecule has 2 aromatic carbocycles. The van der Waals surface area contributed by atoms with Crippen molar-refractivity contribution in [2.45, 2.75) is 39.2 Å². The van der Waals surface area contributed by atoms with Gasteiger partial charge in [0.1, 0.15) is 6.61 Å². The molecule has 0 spiro atoms. The second kappa shape index (κ2) is 15.2. The molecule has 0 unspecified atom stereocenters. The Balaban J connectivity index is 1.62. The fourth-order valence-corrected chi connectivity index (χ4v) is 4.10. The Kier molecular flexibility index (Phi) is 11.3. The van der Waals surface area contributed by atoms with Gasteiger partial charge in [-0.3, -0.25) is 19.4 Å². The Hall–Kier alpha value is -4.00. The monoisotopic (exact) mass is 502 g/mol. The van der Waals surface area contributed by atoms with Gasteiger partial charge in [0, 0.05) is 30.4 Å². The Bertz CT molecular complexity index is 1110. The van der Waals surface area contributed by atoms with Crippen LogP contribution in [0.5, 0.6) is 0 Å². The zero-order chi connectivity index (χ0) is 26.3. The van der Waals surface area contributed by atoms with E-state index in [-0.39, 0.29) is 38.1 Å². The van der Waals surface area contributed by atoms with Crippen LogP contribution in [0.2, 0.25) is 0 Å². The van der Waals surface area contributed by atoms with E-state index in [2.05, 4.69) is 10.3 Å². The van der Waals surface area contributed by atoms with Crippen LogP contribution >= 0.6 is 0 Å². The fourth-order valence-electron chi connectivity index (χ4n) is 4.10. The third-order valence-electron chi connectivity index (χ3n) is 5.96. The number of hydrogen-bond acceptors (Lipinski definition) is 6. The van der Waals surface area contributed by atoms with Crippen molar-refractivity contribution in [2.75, 3.05) is 13.2 Å². The number of pyridine rings is 1. The molecule has 3 rings (SSSR count). The molecule has 0 saturated carbocycles. The average molecular weight is 503 g/mol. The molecule has 7 heteroatoms. The minimum absolute atomic E-state index is 0.0510. The molecule has 0 aliphatic carbocycles. The van der Waals surface area contributed by atoms with Gasteiger partial charge in [-0.15, -0.1) is 0 Å². The van der Waals surface area contributed by atoms with Crippen LogP contribution < -0.4 is 5.32 Å². The molecule has 0 bridgehead atoms. The number of amides is 1. The van der Waals surface area contributed by atoms with Crippen molar-refractivity contribution < 1.29 is 23.9 Å². The fraction of sp³-hybridized carbons (Fsp3) is 0.333. The van der Waals surface area contributed by atoms with Crippen molar-refractivity contribution in [1.29, 1.82) is 0 Å². The summed E-state index contributed by atoms with van der Waals surface area (Å²) in [4.78, 5) is 42.2. The highest BCUT2D eigenvalue weighted by Gasteiger charge is 2.29. The highest BCUT2D eigenvalue weighted by Crippen LogP contribution is 2.23. The van der Waals surface area contributed by atoms with E-state index in [0.29, 0.717) is 19.3 Å². The predicted molar refractivity (Wildman–Crippen MR) is 140 cm³/mol. The SMILES string of the molecule is CCOC(=O)[C@@H](Cc1ccccc1)C[C@H](Cc1ccccc1)C(=O)NCCC(=O)OCc1cccnc1. The smallest absolute Gasteiger partial charge is 0.309 e. The zero-order valence-electron chi connectivity index (χ0n) is 21.2. The number of aromatic nitrogens is 1. The van der Waals surface area contributed by atoms with Crippen molar-refractivity contribution in [3.8, 4) is 0 Å². The standard InChI is InChI=1S/C30H34N2O5/c1-2-36-30(35)27(19-24-12-7-4-8-13-24)20-26(18-23-10-5-3-6-11-23)29(34)32-17-15-28(33)37-22-25-14-9-16-31-21-25/h3-14,16,21,26-27H,2,15,17-20,22H2,1H3,(H,32,34)/t26-,27-/m0/s1. The summed E-state index contributed by atoms with van der Waals surface area (Å²) in [6, 6.07) is 23.0. The number of hydrogen-bond donors (Lipinski definition) is 1. The Morgan fingerprint density at radius 3 is 2.03 bits per heavy atom. The molecule has 0 radical (unpaired) electrons. The summed E-state index contributed by atoms with van der Waals surface area (Å²) in [6.45, 7) is 2.34. The molecule has 1 amide bonds. The van der Waals surface area contributed by atoms with Gasteiger partial charge in [0.05, 0.1) is 18.9 Å². The Morgan fingerprint density at radius 1 is 0.811 bits per heavy atom. The van der Waals surface area contributed by atoms with Gasteiger partial charge in [0.2, 0.25) is 5.91 Å². The van der Waals surface area contributed by atoms with Gasteiger partial charge in [0.15, 0.2) is 0 Å². The van der Waals surface area contributed by atoms with Crippen LogP contribution in [0.3, 0.4) is 0 Å². The highest BCUT2D eigenvalue weighted by molar-refractivity contribution is 5.81. The number of rotatable bonds is 14. The second-order valence-corrected chi connectivity index (χ2v) is 8.82. The van der Waals surface area contributed by atoms with Gasteiger partial charge in [-0.1, -0.05) is 66.7 Å². The summed E-state index contributed by atoms with van der Waals surface area (Å²) in [7, 11) is 0. The lowest BCUT2D eigenvalue weighted by atomic mass is 9.85. The quantitative estimate of drug-likeness (QED) is 0.330. The maximum absolute atomic E-state index is 13.3. The first kappa shape index (κ1) is 27.6. The largest absolute Gasteiger partial charge is 0.466 e. The topological polar surface area (TPSA) is 94.6 Å². The third-order valence-corrected chi connectivity index (χ3v) is 5.96. The number of esters is 2. The number of carbonyl (C=O) groups is 3. The summed E-state index contributed by atoms with van der Waals surface area (Å²) in [5.41, 5.74) is 2.81. The van der Waals surface area contributed by atoms with Gasteiger partial charge < -0.3 is 14.8 Å². The number of carbonyl (C=O) groups excluding carboxylic acids is 3. The molecule has 1 heterocycles. The molecular formula is C30H34N2O5. The Labute approximate surface area is 218 Å². The number of ether oxygens (including phenoxy) is 2. The molecular weight excluding hydrogens is 468 g/mol. The van der Waals surface area contributed by atoms with Gasteiger partial charge in [-0.25, -0.2) is 0 Å². The van der Waals surface area contributed by atoms with Gasteiger partial charge in [-0.2, -0.15) is 0 Å². The van der Waals surface area contributed by atoms with Crippen LogP contribution in [0, 0.1) is 11.8 Å². The van der Waals surface area contributed by atoms with Crippen LogP contribution in [0.25, 0.3) is 0 Å². The molecule has 1 N–H and O–H groups in total. The minimum atomic E-state index is -0.466. The zero-order valence-corrected chi connectivity index (χ0v) is 21.2. The van der Waals surface area contributed by atoms with E-state index >= 15 is 0 Å². The first-order valence-electron chi connectivity index (χ1n) is 12.6. The highest BCUT2D eigenvalue weighted by atomic mass is 16.5. The first-order valence-corrected chi connectivity index (χ1v) is 12.6. The van der Waals surface area contributed by atoms with E-state index in [9.17, 15) is 14.4 Å². The third kappa shape index (κ3) is 9.88. The van der Waals surface area contributed by atoms with Crippen molar-refractivity contribution in [2.24, 2.45) is 11.8 Å². The van der Waals surface area contributed by atoms with Crippen LogP contribution in [0.15, 0.2) is 85.2 Å². The molecule has 0 fully saturated rings. The molecule has 0 aliphatic heterocycles. The lowest BCUT2D eigenvalue weighted by Crippen LogP contribution is -2.36. The molecule has 1 aromatic heterocycles. The van der Waals surface area contributed by atoms with E-state index in [1.54, 1.807) is 25.4 Å². The summed E-state index contributed by atoms with van der Waals surface area (Å²) in [5.74, 6) is -1.85. The van der Waals surface area contributed by atoms with Gasteiger partial charge in [0.25, 0.3) is 0 Å². The van der Waals surface area contributed by atoms with E-state index in [1.807, 2.05) is 66.7 Å². The Morgan fingerprint density at radius 2 is 1.43 bits per heavy atom. The molecule has 0 aliphatic rings. The molecule has 37 heavy (non-hydrogen) atoms. The average Bonchev–Trinajstić information content (AvgIpc) is 2.93. The van der Waals surface area contributed by atoms with Crippen molar-refractivity contribution in [3.05, 3.63) is 102 Å². The summed E-state index contributed by atoms with van der Waals surface area (Å²) >= 11 is 0. The van der Waals surface area contributed by atoms with Crippen molar-refractivity contribution >= 4 is 17.8 Å². The molecule has 194 valence electrons. The molecule has 7 nitrogen and oxygen atoms in total. The summed E-state index contributed by atoms with van der Waals surface area (Å²) in [6.07, 6.45) is 4.63. The predicted octanol–water partition coefficient (Wildman–Crippen LogP) is 4.30. The minimum Gasteiger partial charge on any atom is -0.466 e. The van der Waals surface area contributed by atoms with Gasteiger partial charge >= 0.3 is 11.9 Å². The maximum atomic E-state index is 13.3. The van der Waals surface area contributed by atoms with E-state index in [1.165, 1.54) is 0 Å². The van der Waals surface area contributed by atoms with Crippen LogP contribution in [-0.2, 0) is 43.3 Å². The van der Waals surface area contributed by atoms with E-state index in [4.69, 9.17) is 9.47 Å². The van der Waals surface area contributed by atoms with Crippen molar-refractivity contribution in [3.63, 3.8) is 0 Å². The summed E-state index contributed by atoms with van der Waals surface area (Å²) < 4.78 is 10.6.